The Balaban J connectivity index is 1.42. The fourth-order valence-corrected chi connectivity index (χ4v) is 4.98. The van der Waals surface area contributed by atoms with Gasteiger partial charge in [0.1, 0.15) is 19.0 Å². The monoisotopic (exact) mass is 492 g/mol. The number of amides is 2. The van der Waals surface area contributed by atoms with E-state index in [2.05, 4.69) is 22.1 Å². The minimum Gasteiger partial charge on any atom is -0.497 e. The van der Waals surface area contributed by atoms with E-state index in [1.165, 1.54) is 0 Å². The van der Waals surface area contributed by atoms with Crippen molar-refractivity contribution < 1.29 is 19.0 Å². The van der Waals surface area contributed by atoms with Crippen LogP contribution in [0.1, 0.15) is 25.3 Å². The van der Waals surface area contributed by atoms with Gasteiger partial charge in [-0.25, -0.2) is 4.79 Å². The van der Waals surface area contributed by atoms with Crippen molar-refractivity contribution in [3.05, 3.63) is 58.4 Å². The SMILES string of the molecule is CCN1CCC[C@@H]1CN(Cc1cc2cc3c(cc2[nH]c1=O)OCCO3)C(=O)Nc1ccc(OC)cc1. The summed E-state index contributed by atoms with van der Waals surface area (Å²) < 4.78 is 16.6. The number of pyridine rings is 1. The summed E-state index contributed by atoms with van der Waals surface area (Å²) in [6.07, 6.45) is 2.13. The van der Waals surface area contributed by atoms with Crippen LogP contribution in [-0.2, 0) is 6.54 Å². The minimum absolute atomic E-state index is 0.190. The fourth-order valence-electron chi connectivity index (χ4n) is 4.98. The van der Waals surface area contributed by atoms with E-state index in [1.807, 2.05) is 12.1 Å². The Morgan fingerprint density at radius 2 is 1.92 bits per heavy atom. The lowest BCUT2D eigenvalue weighted by molar-refractivity contribution is 0.172. The van der Waals surface area contributed by atoms with Crippen LogP contribution in [0.15, 0.2) is 47.3 Å². The van der Waals surface area contributed by atoms with Crippen LogP contribution in [0.25, 0.3) is 10.9 Å². The average molecular weight is 493 g/mol. The van der Waals surface area contributed by atoms with Gasteiger partial charge < -0.3 is 29.4 Å². The number of hydrogen-bond acceptors (Lipinski definition) is 6. The molecule has 2 aliphatic rings. The quantitative estimate of drug-likeness (QED) is 0.521. The lowest BCUT2D eigenvalue weighted by atomic mass is 10.1. The zero-order valence-corrected chi connectivity index (χ0v) is 20.7. The number of H-pyrrole nitrogens is 1. The highest BCUT2D eigenvalue weighted by Gasteiger charge is 2.28. The number of methoxy groups -OCH3 is 1. The molecule has 1 fully saturated rings. The zero-order chi connectivity index (χ0) is 25.1. The van der Waals surface area contributed by atoms with Crippen molar-refractivity contribution >= 4 is 22.6 Å². The number of benzene rings is 2. The zero-order valence-electron chi connectivity index (χ0n) is 20.7. The summed E-state index contributed by atoms with van der Waals surface area (Å²) in [5, 5.41) is 3.82. The molecule has 1 aromatic heterocycles. The Morgan fingerprint density at radius 1 is 1.17 bits per heavy atom. The summed E-state index contributed by atoms with van der Waals surface area (Å²) in [6, 6.07) is 12.7. The highest BCUT2D eigenvalue weighted by Crippen LogP contribution is 2.33. The molecule has 0 radical (unpaired) electrons. The first-order valence-corrected chi connectivity index (χ1v) is 12.4. The number of nitrogens with one attached hydrogen (secondary N) is 2. The molecule has 1 atom stereocenters. The molecule has 3 heterocycles. The highest BCUT2D eigenvalue weighted by atomic mass is 16.6. The topological polar surface area (TPSA) is 96.1 Å². The Labute approximate surface area is 209 Å². The molecule has 0 saturated carbocycles. The number of aromatic nitrogens is 1. The number of likely N-dealkylation sites (N-methyl/N-ethyl adjacent to an activating group) is 1. The van der Waals surface area contributed by atoms with Crippen LogP contribution in [0.5, 0.6) is 17.2 Å². The minimum atomic E-state index is -0.246. The van der Waals surface area contributed by atoms with Crippen molar-refractivity contribution in [1.29, 1.82) is 0 Å². The normalized spacial score (nSPS) is 17.2. The number of anilines is 1. The van der Waals surface area contributed by atoms with E-state index in [0.717, 1.165) is 31.3 Å². The maximum absolute atomic E-state index is 13.4. The van der Waals surface area contributed by atoms with Gasteiger partial charge in [-0.05, 0) is 62.3 Å². The van der Waals surface area contributed by atoms with Crippen LogP contribution in [0.2, 0.25) is 0 Å². The Kier molecular flexibility index (Phi) is 6.99. The molecule has 5 rings (SSSR count). The molecule has 0 spiro atoms. The van der Waals surface area contributed by atoms with Gasteiger partial charge >= 0.3 is 6.03 Å². The number of carbonyl (C=O) groups is 1. The summed E-state index contributed by atoms with van der Waals surface area (Å²) in [5.41, 5.74) is 1.64. The second-order valence-electron chi connectivity index (χ2n) is 9.17. The van der Waals surface area contributed by atoms with Gasteiger partial charge in [0.2, 0.25) is 0 Å². The molecule has 0 aliphatic carbocycles. The first kappa shape index (κ1) is 24.0. The molecule has 2 aliphatic heterocycles. The Bertz CT molecular complexity index is 1290. The Hall–Kier alpha value is -3.72. The van der Waals surface area contributed by atoms with E-state index < -0.39 is 0 Å². The molecule has 2 aromatic carbocycles. The molecule has 2 N–H and O–H groups in total. The van der Waals surface area contributed by atoms with Crippen molar-refractivity contribution in [2.75, 3.05) is 45.3 Å². The largest absolute Gasteiger partial charge is 0.497 e. The molecule has 36 heavy (non-hydrogen) atoms. The van der Waals surface area contributed by atoms with Crippen LogP contribution in [0.3, 0.4) is 0 Å². The van der Waals surface area contributed by atoms with Crippen molar-refractivity contribution in [3.8, 4) is 17.2 Å². The third-order valence-electron chi connectivity index (χ3n) is 6.91. The molecule has 190 valence electrons. The average Bonchev–Trinajstić information content (AvgIpc) is 3.35. The maximum atomic E-state index is 13.4. The molecule has 3 aromatic rings. The van der Waals surface area contributed by atoms with E-state index in [4.69, 9.17) is 14.2 Å². The lowest BCUT2D eigenvalue weighted by Gasteiger charge is -2.30. The van der Waals surface area contributed by atoms with Gasteiger partial charge in [0.05, 0.1) is 19.2 Å². The predicted octanol–water partition coefficient (Wildman–Crippen LogP) is 3.83. The third-order valence-corrected chi connectivity index (χ3v) is 6.91. The van der Waals surface area contributed by atoms with Gasteiger partial charge in [0, 0.05) is 35.3 Å². The van der Waals surface area contributed by atoms with Gasteiger partial charge in [0.25, 0.3) is 5.56 Å². The van der Waals surface area contributed by atoms with Crippen LogP contribution >= 0.6 is 0 Å². The summed E-state index contributed by atoms with van der Waals surface area (Å²) in [6.45, 7) is 5.80. The molecule has 0 unspecified atom stereocenters. The number of fused-ring (bicyclic) bond motifs is 2. The van der Waals surface area contributed by atoms with Crippen molar-refractivity contribution in [2.45, 2.75) is 32.4 Å². The number of aromatic amines is 1. The first-order valence-electron chi connectivity index (χ1n) is 12.4. The van der Waals surface area contributed by atoms with Crippen molar-refractivity contribution in [1.82, 2.24) is 14.8 Å². The van der Waals surface area contributed by atoms with E-state index in [1.54, 1.807) is 42.3 Å². The number of ether oxygens (including phenoxy) is 3. The number of rotatable bonds is 7. The second kappa shape index (κ2) is 10.5. The summed E-state index contributed by atoms with van der Waals surface area (Å²) in [4.78, 5) is 33.6. The smallest absolute Gasteiger partial charge is 0.322 e. The van der Waals surface area contributed by atoms with Crippen molar-refractivity contribution in [2.24, 2.45) is 0 Å². The summed E-state index contributed by atoms with van der Waals surface area (Å²) in [5.74, 6) is 2.00. The molecule has 9 heteroatoms. The number of carbonyl (C=O) groups excluding carboxylic acids is 1. The molecule has 1 saturated heterocycles. The number of likely N-dealkylation sites (tertiary alicyclic amines) is 1. The van der Waals surface area contributed by atoms with E-state index in [-0.39, 0.29) is 24.2 Å². The fraction of sp³-hybridized carbons (Fsp3) is 0.407. The number of urea groups is 1. The molecule has 0 bridgehead atoms. The first-order chi connectivity index (χ1) is 17.5. The number of hydrogen-bond donors (Lipinski definition) is 2. The second-order valence-corrected chi connectivity index (χ2v) is 9.17. The van der Waals surface area contributed by atoms with Gasteiger partial charge in [0.15, 0.2) is 11.5 Å². The van der Waals surface area contributed by atoms with Gasteiger partial charge in [-0.15, -0.1) is 0 Å². The molecular weight excluding hydrogens is 460 g/mol. The van der Waals surface area contributed by atoms with Crippen LogP contribution < -0.4 is 25.1 Å². The van der Waals surface area contributed by atoms with Gasteiger partial charge in [-0.2, -0.15) is 0 Å². The third kappa shape index (κ3) is 5.11. The standard InChI is InChI=1S/C27H32N4O5/c1-3-30-10-4-5-21(30)17-31(27(33)28-20-6-8-22(34-2)9-7-20)16-19-13-18-14-24-25(36-12-11-35-24)15-23(18)29-26(19)32/h6-9,13-15,21H,3-5,10-12,16-17H2,1-2H3,(H,28,33)(H,29,32)/t21-/m1/s1. The van der Waals surface area contributed by atoms with Crippen LogP contribution in [0.4, 0.5) is 10.5 Å². The van der Waals surface area contributed by atoms with Gasteiger partial charge in [-0.3, -0.25) is 9.69 Å². The van der Waals surface area contributed by atoms with Gasteiger partial charge in [-0.1, -0.05) is 6.92 Å². The summed E-state index contributed by atoms with van der Waals surface area (Å²) >= 11 is 0. The highest BCUT2D eigenvalue weighted by molar-refractivity contribution is 5.89. The van der Waals surface area contributed by atoms with E-state index in [9.17, 15) is 9.59 Å². The van der Waals surface area contributed by atoms with E-state index >= 15 is 0 Å². The van der Waals surface area contributed by atoms with Crippen LogP contribution in [0, 0.1) is 0 Å². The molecule has 9 nitrogen and oxygen atoms in total. The summed E-state index contributed by atoms with van der Waals surface area (Å²) in [7, 11) is 1.60. The maximum Gasteiger partial charge on any atom is 0.322 e. The van der Waals surface area contributed by atoms with Crippen molar-refractivity contribution in [3.63, 3.8) is 0 Å². The molecular formula is C27H32N4O5. The number of nitrogens with zero attached hydrogens (tertiary/aromatic N) is 2. The molecule has 2 amide bonds. The van der Waals surface area contributed by atoms with E-state index in [0.29, 0.717) is 53.8 Å². The predicted molar refractivity (Wildman–Crippen MR) is 138 cm³/mol. The van der Waals surface area contributed by atoms with Crippen LogP contribution in [-0.4, -0.2) is 66.8 Å². The Morgan fingerprint density at radius 3 is 2.64 bits per heavy atom. The lowest BCUT2D eigenvalue weighted by Crippen LogP contribution is -2.45.